The first kappa shape index (κ1) is 17.4. The van der Waals surface area contributed by atoms with Crippen LogP contribution in [0, 0.1) is 10.1 Å². The Labute approximate surface area is 128 Å². The summed E-state index contributed by atoms with van der Waals surface area (Å²) in [6.07, 6.45) is 16.0. The number of nitro groups is 1. The SMILES string of the molecule is CCCCCCCCCC/C=C/c1ccc([N+](=O)[O-])cc1. The molecule has 0 amide bonds. The van der Waals surface area contributed by atoms with Gasteiger partial charge in [-0.15, -0.1) is 0 Å². The number of rotatable bonds is 11. The van der Waals surface area contributed by atoms with Gasteiger partial charge in [-0.3, -0.25) is 10.1 Å². The summed E-state index contributed by atoms with van der Waals surface area (Å²) in [4.78, 5) is 10.2. The number of hydrogen-bond donors (Lipinski definition) is 0. The minimum atomic E-state index is -0.367. The highest BCUT2D eigenvalue weighted by Gasteiger charge is 2.01. The summed E-state index contributed by atoms with van der Waals surface area (Å²) >= 11 is 0. The van der Waals surface area contributed by atoms with E-state index in [1.54, 1.807) is 24.3 Å². The lowest BCUT2D eigenvalue weighted by Gasteiger charge is -2.00. The third-order valence-corrected chi connectivity index (χ3v) is 3.64. The molecule has 0 unspecified atom stereocenters. The minimum absolute atomic E-state index is 0.148. The van der Waals surface area contributed by atoms with Crippen molar-refractivity contribution >= 4 is 11.8 Å². The van der Waals surface area contributed by atoms with Gasteiger partial charge in [-0.25, -0.2) is 0 Å². The molecule has 1 aromatic carbocycles. The standard InChI is InChI=1S/C18H27NO2/c1-2-3-4-5-6-7-8-9-10-11-12-17-13-15-18(16-14-17)19(20)21/h11-16H,2-10H2,1H3/b12-11+. The summed E-state index contributed by atoms with van der Waals surface area (Å²) in [6, 6.07) is 6.69. The zero-order valence-corrected chi connectivity index (χ0v) is 13.1. The fraction of sp³-hybridized carbons (Fsp3) is 0.556. The van der Waals surface area contributed by atoms with Crippen LogP contribution < -0.4 is 0 Å². The monoisotopic (exact) mass is 289 g/mol. The molecule has 1 rings (SSSR count). The topological polar surface area (TPSA) is 43.1 Å². The van der Waals surface area contributed by atoms with Gasteiger partial charge in [0.25, 0.3) is 5.69 Å². The van der Waals surface area contributed by atoms with E-state index in [9.17, 15) is 10.1 Å². The quantitative estimate of drug-likeness (QED) is 0.279. The molecule has 0 saturated carbocycles. The van der Waals surface area contributed by atoms with Gasteiger partial charge in [-0.2, -0.15) is 0 Å². The third-order valence-electron chi connectivity index (χ3n) is 3.64. The molecule has 0 aromatic heterocycles. The molecule has 0 bridgehead atoms. The van der Waals surface area contributed by atoms with Crippen molar-refractivity contribution in [2.75, 3.05) is 0 Å². The van der Waals surface area contributed by atoms with Crippen LogP contribution in [0.25, 0.3) is 6.08 Å². The Morgan fingerprint density at radius 1 is 0.952 bits per heavy atom. The van der Waals surface area contributed by atoms with Gasteiger partial charge in [0, 0.05) is 12.1 Å². The molecule has 21 heavy (non-hydrogen) atoms. The molecule has 0 N–H and O–H groups in total. The van der Waals surface area contributed by atoms with Crippen molar-refractivity contribution in [1.82, 2.24) is 0 Å². The van der Waals surface area contributed by atoms with Gasteiger partial charge in [0.05, 0.1) is 4.92 Å². The van der Waals surface area contributed by atoms with Gasteiger partial charge in [-0.1, -0.05) is 64.0 Å². The Kier molecular flexibility index (Phi) is 9.18. The second kappa shape index (κ2) is 11.1. The van der Waals surface area contributed by atoms with Crippen LogP contribution >= 0.6 is 0 Å². The average Bonchev–Trinajstić information content (AvgIpc) is 2.49. The van der Waals surface area contributed by atoms with Crippen LogP contribution in [0.3, 0.4) is 0 Å². The van der Waals surface area contributed by atoms with Gasteiger partial charge in [0.1, 0.15) is 0 Å². The Hall–Kier alpha value is -1.64. The maximum absolute atomic E-state index is 10.5. The molecule has 3 nitrogen and oxygen atoms in total. The van der Waals surface area contributed by atoms with Crippen molar-refractivity contribution in [2.24, 2.45) is 0 Å². The predicted molar refractivity (Wildman–Crippen MR) is 89.4 cm³/mol. The zero-order valence-electron chi connectivity index (χ0n) is 13.1. The van der Waals surface area contributed by atoms with E-state index in [2.05, 4.69) is 13.0 Å². The van der Waals surface area contributed by atoms with E-state index in [-0.39, 0.29) is 10.6 Å². The smallest absolute Gasteiger partial charge is 0.258 e. The normalized spacial score (nSPS) is 11.1. The molecular weight excluding hydrogens is 262 g/mol. The largest absolute Gasteiger partial charge is 0.269 e. The molecule has 0 radical (unpaired) electrons. The van der Waals surface area contributed by atoms with Crippen LogP contribution in [-0.4, -0.2) is 4.92 Å². The van der Waals surface area contributed by atoms with Crippen molar-refractivity contribution < 1.29 is 4.92 Å². The first-order valence-corrected chi connectivity index (χ1v) is 8.15. The number of benzene rings is 1. The van der Waals surface area contributed by atoms with Crippen LogP contribution in [0.1, 0.15) is 70.3 Å². The molecular formula is C18H27NO2. The van der Waals surface area contributed by atoms with E-state index in [1.165, 1.54) is 51.4 Å². The van der Waals surface area contributed by atoms with Gasteiger partial charge in [0.2, 0.25) is 0 Å². The highest BCUT2D eigenvalue weighted by molar-refractivity contribution is 5.51. The van der Waals surface area contributed by atoms with Crippen LogP contribution in [0.5, 0.6) is 0 Å². The van der Waals surface area contributed by atoms with Gasteiger partial charge in [-0.05, 0) is 30.5 Å². The third kappa shape index (κ3) is 8.28. The Balaban J connectivity index is 2.08. The van der Waals surface area contributed by atoms with Crippen LogP contribution in [0.2, 0.25) is 0 Å². The van der Waals surface area contributed by atoms with E-state index >= 15 is 0 Å². The number of allylic oxidation sites excluding steroid dienone is 1. The summed E-state index contributed by atoms with van der Waals surface area (Å²) in [6.45, 7) is 2.25. The van der Waals surface area contributed by atoms with Crippen LogP contribution in [-0.2, 0) is 0 Å². The maximum atomic E-state index is 10.5. The number of nitrogens with zero attached hydrogens (tertiary/aromatic N) is 1. The lowest BCUT2D eigenvalue weighted by atomic mass is 10.1. The average molecular weight is 289 g/mol. The second-order valence-corrected chi connectivity index (χ2v) is 5.51. The molecule has 0 heterocycles. The van der Waals surface area contributed by atoms with Crippen molar-refractivity contribution in [3.8, 4) is 0 Å². The first-order valence-electron chi connectivity index (χ1n) is 8.15. The predicted octanol–water partition coefficient (Wildman–Crippen LogP) is 6.14. The number of hydrogen-bond acceptors (Lipinski definition) is 2. The molecule has 0 fully saturated rings. The van der Waals surface area contributed by atoms with E-state index in [4.69, 9.17) is 0 Å². The van der Waals surface area contributed by atoms with Crippen molar-refractivity contribution in [3.63, 3.8) is 0 Å². The Morgan fingerprint density at radius 3 is 2.10 bits per heavy atom. The van der Waals surface area contributed by atoms with E-state index in [0.717, 1.165) is 12.0 Å². The number of nitro benzene ring substituents is 1. The van der Waals surface area contributed by atoms with E-state index < -0.39 is 0 Å². The molecule has 0 saturated heterocycles. The summed E-state index contributed by atoms with van der Waals surface area (Å²) in [7, 11) is 0. The fourth-order valence-electron chi connectivity index (χ4n) is 2.32. The van der Waals surface area contributed by atoms with Crippen molar-refractivity contribution in [1.29, 1.82) is 0 Å². The van der Waals surface area contributed by atoms with Gasteiger partial charge >= 0.3 is 0 Å². The maximum Gasteiger partial charge on any atom is 0.269 e. The highest BCUT2D eigenvalue weighted by atomic mass is 16.6. The summed E-state index contributed by atoms with van der Waals surface area (Å²) < 4.78 is 0. The molecule has 0 spiro atoms. The van der Waals surface area contributed by atoms with E-state index in [1.807, 2.05) is 6.08 Å². The first-order chi connectivity index (χ1) is 10.2. The summed E-state index contributed by atoms with van der Waals surface area (Å²) in [5, 5.41) is 10.5. The molecule has 1 aromatic rings. The fourth-order valence-corrected chi connectivity index (χ4v) is 2.32. The lowest BCUT2D eigenvalue weighted by molar-refractivity contribution is -0.384. The van der Waals surface area contributed by atoms with Crippen LogP contribution in [0.15, 0.2) is 30.3 Å². The molecule has 0 aliphatic heterocycles. The zero-order chi connectivity index (χ0) is 15.3. The molecule has 3 heteroatoms. The minimum Gasteiger partial charge on any atom is -0.258 e. The van der Waals surface area contributed by atoms with Gasteiger partial charge < -0.3 is 0 Å². The van der Waals surface area contributed by atoms with Crippen molar-refractivity contribution in [3.05, 3.63) is 46.0 Å². The molecule has 116 valence electrons. The lowest BCUT2D eigenvalue weighted by Crippen LogP contribution is -1.86. The summed E-state index contributed by atoms with van der Waals surface area (Å²) in [5.74, 6) is 0. The number of non-ortho nitro benzene ring substituents is 1. The van der Waals surface area contributed by atoms with E-state index in [0.29, 0.717) is 0 Å². The van der Waals surface area contributed by atoms with Gasteiger partial charge in [0.15, 0.2) is 0 Å². The van der Waals surface area contributed by atoms with Crippen molar-refractivity contribution in [2.45, 2.75) is 64.7 Å². The molecule has 0 atom stereocenters. The molecule has 0 aliphatic carbocycles. The second-order valence-electron chi connectivity index (χ2n) is 5.51. The number of unbranched alkanes of at least 4 members (excludes halogenated alkanes) is 8. The Morgan fingerprint density at radius 2 is 1.52 bits per heavy atom. The Bertz CT molecular complexity index is 423. The summed E-state index contributed by atoms with van der Waals surface area (Å²) in [5.41, 5.74) is 1.18. The highest BCUT2D eigenvalue weighted by Crippen LogP contribution is 2.14. The van der Waals surface area contributed by atoms with Crippen LogP contribution in [0.4, 0.5) is 5.69 Å². The molecule has 0 aliphatic rings.